The number of rotatable bonds is 9. The molecule has 0 aliphatic carbocycles. The maximum Gasteiger partial charge on any atom is 0.344 e. The van der Waals surface area contributed by atoms with Gasteiger partial charge in [0.1, 0.15) is 5.82 Å². The lowest BCUT2D eigenvalue weighted by Gasteiger charge is -2.16. The van der Waals surface area contributed by atoms with Crippen LogP contribution in [-0.2, 0) is 9.53 Å². The Bertz CT molecular complexity index is 1320. The third-order valence-corrected chi connectivity index (χ3v) is 6.12. The van der Waals surface area contributed by atoms with Crippen molar-refractivity contribution >= 4 is 54.9 Å². The average Bonchev–Trinajstić information content (AvgIpc) is 2.81. The fraction of sp³-hybridized carbons (Fsp3) is 0.360. The van der Waals surface area contributed by atoms with E-state index in [1.165, 1.54) is 18.0 Å². The zero-order chi connectivity index (χ0) is 25.7. The van der Waals surface area contributed by atoms with E-state index in [-0.39, 0.29) is 24.2 Å². The van der Waals surface area contributed by atoms with Gasteiger partial charge in [-0.25, -0.2) is 9.78 Å². The molecule has 0 saturated heterocycles. The van der Waals surface area contributed by atoms with Crippen LogP contribution in [0.15, 0.2) is 49.2 Å². The number of methoxy groups -OCH3 is 1. The summed E-state index contributed by atoms with van der Waals surface area (Å²) in [6.07, 6.45) is 2.01. The summed E-state index contributed by atoms with van der Waals surface area (Å²) in [6.45, 7) is 7.24. The lowest BCUT2D eigenvalue weighted by atomic mass is 10.1. The van der Waals surface area contributed by atoms with Crippen LogP contribution in [0.1, 0.15) is 51.4 Å². The number of carbonyl (C=O) groups excluding carboxylic acids is 1. The third-order valence-electron chi connectivity index (χ3n) is 5.17. The number of carbonyl (C=O) groups is 1. The van der Waals surface area contributed by atoms with Crippen LogP contribution in [0.4, 0.5) is 0 Å². The van der Waals surface area contributed by atoms with E-state index in [9.17, 15) is 9.59 Å². The lowest BCUT2D eigenvalue weighted by Crippen LogP contribution is -2.24. The van der Waals surface area contributed by atoms with Gasteiger partial charge in [-0.2, -0.15) is 9.78 Å². The molecule has 0 aliphatic heterocycles. The highest BCUT2D eigenvalue weighted by molar-refractivity contribution is 9.10. The van der Waals surface area contributed by atoms with Crippen LogP contribution in [0.3, 0.4) is 0 Å². The fourth-order valence-corrected chi connectivity index (χ4v) is 4.13. The molecule has 2 aromatic carbocycles. The van der Waals surface area contributed by atoms with Gasteiger partial charge >= 0.3 is 5.97 Å². The highest BCUT2D eigenvalue weighted by Gasteiger charge is 2.18. The van der Waals surface area contributed by atoms with Crippen LogP contribution < -0.4 is 15.0 Å². The molecule has 1 heterocycles. The molecule has 0 radical (unpaired) electrons. The van der Waals surface area contributed by atoms with Crippen LogP contribution in [0, 0.1) is 0 Å². The second-order valence-electron chi connectivity index (χ2n) is 8.16. The molecule has 0 unspecified atom stereocenters. The Hall–Kier alpha value is -2.72. The predicted octanol–water partition coefficient (Wildman–Crippen LogP) is 5.66. The first kappa shape index (κ1) is 26.9. The zero-order valence-electron chi connectivity index (χ0n) is 20.2. The first-order valence-corrected chi connectivity index (χ1v) is 12.7. The summed E-state index contributed by atoms with van der Waals surface area (Å²) in [7, 11) is 1.50. The van der Waals surface area contributed by atoms with Crippen molar-refractivity contribution in [2.75, 3.05) is 13.7 Å². The van der Waals surface area contributed by atoms with Crippen LogP contribution in [0.5, 0.6) is 11.5 Å². The molecule has 0 N–H and O–H groups in total. The number of aromatic nitrogens is 2. The van der Waals surface area contributed by atoms with Gasteiger partial charge in [0.15, 0.2) is 18.1 Å². The van der Waals surface area contributed by atoms with Crippen molar-refractivity contribution in [3.63, 3.8) is 0 Å². The molecule has 0 saturated carbocycles. The van der Waals surface area contributed by atoms with Crippen LogP contribution >= 0.6 is 31.9 Å². The topological polar surface area (TPSA) is 92.0 Å². The van der Waals surface area contributed by atoms with Crippen molar-refractivity contribution in [2.45, 2.75) is 46.1 Å². The molecule has 8 nitrogen and oxygen atoms in total. The Kier molecular flexibility index (Phi) is 9.07. The van der Waals surface area contributed by atoms with E-state index in [0.717, 1.165) is 10.9 Å². The number of nitrogens with zero attached hydrogens (tertiary/aromatic N) is 3. The Morgan fingerprint density at radius 2 is 1.91 bits per heavy atom. The summed E-state index contributed by atoms with van der Waals surface area (Å²) in [6, 6.07) is 8.86. The molecule has 0 amide bonds. The van der Waals surface area contributed by atoms with E-state index in [2.05, 4.69) is 37.0 Å². The minimum atomic E-state index is -0.507. The van der Waals surface area contributed by atoms with Crippen LogP contribution in [0.2, 0.25) is 0 Å². The molecule has 3 rings (SSSR count). The molecule has 3 aromatic rings. The molecule has 0 spiro atoms. The van der Waals surface area contributed by atoms with Gasteiger partial charge in [0, 0.05) is 20.4 Å². The molecule has 0 fully saturated rings. The molecule has 1 aromatic heterocycles. The van der Waals surface area contributed by atoms with Crippen molar-refractivity contribution in [3.05, 3.63) is 61.0 Å². The molecule has 35 heavy (non-hydrogen) atoms. The van der Waals surface area contributed by atoms with Gasteiger partial charge in [-0.1, -0.05) is 45.7 Å². The SMILES string of the molecule is CC[C@@H](C)c1nc2ccc(Br)cc2c(=O)n1N=Cc1cc(Br)cc(OC)c1OCC(=O)OC(C)C. The average molecular weight is 609 g/mol. The lowest BCUT2D eigenvalue weighted by molar-refractivity contribution is -0.149. The van der Waals surface area contributed by atoms with E-state index in [1.54, 1.807) is 32.0 Å². The highest BCUT2D eigenvalue weighted by Crippen LogP contribution is 2.34. The van der Waals surface area contributed by atoms with Crippen LogP contribution in [-0.4, -0.2) is 41.7 Å². The van der Waals surface area contributed by atoms with Gasteiger partial charge in [0.25, 0.3) is 5.56 Å². The van der Waals surface area contributed by atoms with Gasteiger partial charge in [0.05, 0.1) is 30.3 Å². The first-order chi connectivity index (χ1) is 16.6. The molecule has 186 valence electrons. The summed E-state index contributed by atoms with van der Waals surface area (Å²) in [5.41, 5.74) is 0.828. The fourth-order valence-electron chi connectivity index (χ4n) is 3.32. The van der Waals surface area contributed by atoms with Gasteiger partial charge in [-0.15, -0.1) is 0 Å². The van der Waals surface area contributed by atoms with Gasteiger partial charge in [-0.3, -0.25) is 4.79 Å². The predicted molar refractivity (Wildman–Crippen MR) is 143 cm³/mol. The minimum absolute atomic E-state index is 0.00790. The number of halogens is 2. The van der Waals surface area contributed by atoms with Gasteiger partial charge in [-0.05, 0) is 50.6 Å². The number of hydrogen-bond donors (Lipinski definition) is 0. The third kappa shape index (κ3) is 6.49. The monoisotopic (exact) mass is 607 g/mol. The van der Waals surface area contributed by atoms with Crippen molar-refractivity contribution in [1.29, 1.82) is 0 Å². The second-order valence-corrected chi connectivity index (χ2v) is 9.99. The smallest absolute Gasteiger partial charge is 0.344 e. The molecular weight excluding hydrogens is 582 g/mol. The quantitative estimate of drug-likeness (QED) is 0.230. The standard InChI is InChI=1S/C25H27Br2N3O5/c1-6-15(4)24-29-20-8-7-17(26)10-19(20)25(32)30(24)28-12-16-9-18(27)11-21(33-5)23(16)34-13-22(31)35-14(2)3/h7-12,14-15H,6,13H2,1-5H3/t15-/m1/s1. The number of benzene rings is 2. The van der Waals surface area contributed by atoms with E-state index < -0.39 is 5.97 Å². The number of fused-ring (bicyclic) bond motifs is 1. The summed E-state index contributed by atoms with van der Waals surface area (Å²) in [4.78, 5) is 30.2. The number of hydrogen-bond acceptors (Lipinski definition) is 7. The normalized spacial score (nSPS) is 12.3. The second kappa shape index (κ2) is 11.8. The molecule has 0 aliphatic rings. The van der Waals surface area contributed by atoms with E-state index >= 15 is 0 Å². The summed E-state index contributed by atoms with van der Waals surface area (Å²) >= 11 is 6.87. The van der Waals surface area contributed by atoms with E-state index in [4.69, 9.17) is 19.2 Å². The summed E-state index contributed by atoms with van der Waals surface area (Å²) in [5, 5.41) is 4.95. The van der Waals surface area contributed by atoms with Crippen LogP contribution in [0.25, 0.3) is 10.9 Å². The molecule has 10 heteroatoms. The van der Waals surface area contributed by atoms with E-state index in [1.807, 2.05) is 26.0 Å². The number of esters is 1. The van der Waals surface area contributed by atoms with Crippen molar-refractivity contribution in [2.24, 2.45) is 5.10 Å². The largest absolute Gasteiger partial charge is 0.493 e. The maximum absolute atomic E-state index is 13.4. The molecule has 0 bridgehead atoms. The Morgan fingerprint density at radius 3 is 2.57 bits per heavy atom. The Balaban J connectivity index is 2.11. The Morgan fingerprint density at radius 1 is 1.17 bits per heavy atom. The molecule has 1 atom stereocenters. The maximum atomic E-state index is 13.4. The summed E-state index contributed by atoms with van der Waals surface area (Å²) in [5.74, 6) is 0.732. The van der Waals surface area contributed by atoms with Crippen molar-refractivity contribution < 1.29 is 19.0 Å². The van der Waals surface area contributed by atoms with Crippen molar-refractivity contribution in [1.82, 2.24) is 9.66 Å². The van der Waals surface area contributed by atoms with Gasteiger partial charge in [0.2, 0.25) is 0 Å². The zero-order valence-corrected chi connectivity index (χ0v) is 23.3. The Labute approximate surface area is 220 Å². The first-order valence-electron chi connectivity index (χ1n) is 11.1. The van der Waals surface area contributed by atoms with Gasteiger partial charge < -0.3 is 14.2 Å². The minimum Gasteiger partial charge on any atom is -0.493 e. The molecular formula is C25H27Br2N3O5. The highest BCUT2D eigenvalue weighted by atomic mass is 79.9. The van der Waals surface area contributed by atoms with E-state index in [0.29, 0.717) is 38.3 Å². The number of ether oxygens (including phenoxy) is 3. The summed E-state index contributed by atoms with van der Waals surface area (Å²) < 4.78 is 19.2. The van der Waals surface area contributed by atoms with Crippen molar-refractivity contribution in [3.8, 4) is 11.5 Å².